The van der Waals surface area contributed by atoms with Gasteiger partial charge >= 0.3 is 0 Å². The second kappa shape index (κ2) is 8.71. The fourth-order valence-electron chi connectivity index (χ4n) is 4.06. The summed E-state index contributed by atoms with van der Waals surface area (Å²) in [6, 6.07) is 14.5. The lowest BCUT2D eigenvalue weighted by Crippen LogP contribution is -2.31. The number of imidazole rings is 1. The Balaban J connectivity index is 1.83. The molecule has 0 saturated carbocycles. The molecule has 0 aliphatic heterocycles. The van der Waals surface area contributed by atoms with Gasteiger partial charge in [-0.25, -0.2) is 4.98 Å². The Kier molecular flexibility index (Phi) is 5.86. The Morgan fingerprint density at radius 2 is 1.83 bits per heavy atom. The monoisotopic (exact) mass is 403 g/mol. The summed E-state index contributed by atoms with van der Waals surface area (Å²) in [5.41, 5.74) is 5.39. The quantitative estimate of drug-likeness (QED) is 0.418. The minimum atomic E-state index is 0.128. The fraction of sp³-hybridized carbons (Fsp3) is 0.333. The molecule has 0 radical (unpaired) electrons. The molecular weight excluding hydrogens is 374 g/mol. The molecule has 0 fully saturated rings. The highest BCUT2D eigenvalue weighted by atomic mass is 16.3. The molecule has 0 bridgehead atoms. The van der Waals surface area contributed by atoms with Crippen molar-refractivity contribution in [2.24, 2.45) is 7.05 Å². The third-order valence-corrected chi connectivity index (χ3v) is 5.87. The number of rotatable bonds is 8. The van der Waals surface area contributed by atoms with E-state index in [4.69, 9.17) is 9.40 Å². The molecular formula is C24H29N5O. The van der Waals surface area contributed by atoms with Crippen molar-refractivity contribution in [1.29, 1.82) is 0 Å². The van der Waals surface area contributed by atoms with Crippen LogP contribution in [-0.4, -0.2) is 37.3 Å². The minimum Gasteiger partial charge on any atom is -0.468 e. The Hall–Kier alpha value is -3.12. The Morgan fingerprint density at radius 1 is 1.07 bits per heavy atom. The van der Waals surface area contributed by atoms with Gasteiger partial charge in [0.2, 0.25) is 0 Å². The zero-order valence-electron chi connectivity index (χ0n) is 18.1. The van der Waals surface area contributed by atoms with Crippen LogP contribution in [0.4, 0.5) is 0 Å². The van der Waals surface area contributed by atoms with Gasteiger partial charge in [-0.15, -0.1) is 0 Å². The van der Waals surface area contributed by atoms with Crippen molar-refractivity contribution in [2.45, 2.75) is 33.4 Å². The van der Waals surface area contributed by atoms with E-state index in [1.54, 1.807) is 6.26 Å². The van der Waals surface area contributed by atoms with Crippen molar-refractivity contribution in [3.63, 3.8) is 0 Å². The van der Waals surface area contributed by atoms with Crippen LogP contribution in [0.25, 0.3) is 22.5 Å². The Morgan fingerprint density at radius 3 is 2.43 bits per heavy atom. The standard InChI is InChI=1S/C24H29N5O/c1-5-28(6-2)21(22-13-10-14-30-22)16-29-17-25-23(19-11-8-7-9-12-19)24(29)20-15-26-27(4)18(20)3/h7-15,17,21H,5-6,16H2,1-4H3/t21-/m0/s1. The average Bonchev–Trinajstić information content (AvgIpc) is 3.51. The smallest absolute Gasteiger partial charge is 0.122 e. The third-order valence-electron chi connectivity index (χ3n) is 5.87. The van der Waals surface area contributed by atoms with E-state index >= 15 is 0 Å². The molecule has 3 heterocycles. The van der Waals surface area contributed by atoms with Gasteiger partial charge in [0.1, 0.15) is 5.76 Å². The molecule has 0 saturated heterocycles. The number of hydrogen-bond acceptors (Lipinski definition) is 4. The highest BCUT2D eigenvalue weighted by molar-refractivity contribution is 5.79. The molecule has 3 aromatic heterocycles. The summed E-state index contributed by atoms with van der Waals surface area (Å²) < 4.78 is 9.99. The molecule has 0 spiro atoms. The lowest BCUT2D eigenvalue weighted by molar-refractivity contribution is 0.174. The lowest BCUT2D eigenvalue weighted by Gasteiger charge is -2.29. The van der Waals surface area contributed by atoms with Crippen molar-refractivity contribution >= 4 is 0 Å². The van der Waals surface area contributed by atoms with E-state index in [-0.39, 0.29) is 6.04 Å². The Labute approximate surface area is 177 Å². The summed E-state index contributed by atoms with van der Waals surface area (Å²) in [6.45, 7) is 9.12. The van der Waals surface area contributed by atoms with Crippen molar-refractivity contribution in [3.8, 4) is 22.5 Å². The molecule has 0 N–H and O–H groups in total. The first kappa shape index (κ1) is 20.2. The van der Waals surface area contributed by atoms with Crippen LogP contribution in [0.3, 0.4) is 0 Å². The van der Waals surface area contributed by atoms with E-state index in [9.17, 15) is 0 Å². The number of benzene rings is 1. The maximum Gasteiger partial charge on any atom is 0.122 e. The van der Waals surface area contributed by atoms with E-state index in [0.29, 0.717) is 0 Å². The molecule has 0 amide bonds. The summed E-state index contributed by atoms with van der Waals surface area (Å²) >= 11 is 0. The van der Waals surface area contributed by atoms with E-state index in [1.807, 2.05) is 36.4 Å². The normalized spacial score (nSPS) is 12.6. The molecule has 0 unspecified atom stereocenters. The number of nitrogens with zero attached hydrogens (tertiary/aromatic N) is 5. The molecule has 30 heavy (non-hydrogen) atoms. The zero-order chi connectivity index (χ0) is 21.1. The van der Waals surface area contributed by atoms with Gasteiger partial charge in [-0.2, -0.15) is 5.10 Å². The first-order valence-corrected chi connectivity index (χ1v) is 10.5. The number of aryl methyl sites for hydroxylation is 1. The van der Waals surface area contributed by atoms with Crippen LogP contribution < -0.4 is 0 Å². The number of likely N-dealkylation sites (N-methyl/N-ethyl adjacent to an activating group) is 1. The van der Waals surface area contributed by atoms with Gasteiger partial charge in [-0.3, -0.25) is 9.58 Å². The molecule has 156 valence electrons. The van der Waals surface area contributed by atoms with E-state index in [0.717, 1.165) is 53.6 Å². The molecule has 1 atom stereocenters. The highest BCUT2D eigenvalue weighted by Crippen LogP contribution is 2.35. The van der Waals surface area contributed by atoms with Gasteiger partial charge in [-0.1, -0.05) is 44.2 Å². The van der Waals surface area contributed by atoms with Crippen LogP contribution in [0.1, 0.15) is 31.3 Å². The molecule has 4 rings (SSSR count). The average molecular weight is 404 g/mol. The van der Waals surface area contributed by atoms with Gasteiger partial charge in [0, 0.05) is 30.4 Å². The van der Waals surface area contributed by atoms with Gasteiger partial charge in [0.25, 0.3) is 0 Å². The third kappa shape index (κ3) is 3.71. The first-order chi connectivity index (χ1) is 14.6. The number of furan rings is 1. The SMILES string of the molecule is CCN(CC)[C@@H](Cn1cnc(-c2ccccc2)c1-c1cnn(C)c1C)c1ccco1. The summed E-state index contributed by atoms with van der Waals surface area (Å²) in [7, 11) is 1.98. The number of hydrogen-bond donors (Lipinski definition) is 0. The summed E-state index contributed by atoms with van der Waals surface area (Å²) in [6.07, 6.45) is 5.64. The Bertz CT molecular complexity index is 1070. The summed E-state index contributed by atoms with van der Waals surface area (Å²) in [5, 5.41) is 4.49. The molecule has 6 nitrogen and oxygen atoms in total. The molecule has 4 aromatic rings. The second-order valence-corrected chi connectivity index (χ2v) is 7.48. The topological polar surface area (TPSA) is 52.0 Å². The molecule has 0 aliphatic carbocycles. The lowest BCUT2D eigenvalue weighted by atomic mass is 10.0. The maximum absolute atomic E-state index is 5.83. The van der Waals surface area contributed by atoms with E-state index < -0.39 is 0 Å². The molecule has 1 aromatic carbocycles. The van der Waals surface area contributed by atoms with Crippen LogP contribution in [0, 0.1) is 6.92 Å². The molecule has 0 aliphatic rings. The fourth-order valence-corrected chi connectivity index (χ4v) is 4.06. The van der Waals surface area contributed by atoms with Crippen molar-refractivity contribution in [1.82, 2.24) is 24.2 Å². The summed E-state index contributed by atoms with van der Waals surface area (Å²) in [5.74, 6) is 0.975. The predicted molar refractivity (Wildman–Crippen MR) is 119 cm³/mol. The van der Waals surface area contributed by atoms with Gasteiger partial charge in [-0.05, 0) is 32.1 Å². The van der Waals surface area contributed by atoms with Crippen LogP contribution in [-0.2, 0) is 13.6 Å². The largest absolute Gasteiger partial charge is 0.468 e. The maximum atomic E-state index is 5.83. The zero-order valence-corrected chi connectivity index (χ0v) is 18.1. The van der Waals surface area contributed by atoms with Crippen molar-refractivity contribution in [3.05, 3.63) is 72.7 Å². The van der Waals surface area contributed by atoms with Gasteiger partial charge < -0.3 is 8.98 Å². The predicted octanol–water partition coefficient (Wildman–Crippen LogP) is 4.94. The van der Waals surface area contributed by atoms with Crippen LogP contribution in [0.2, 0.25) is 0 Å². The van der Waals surface area contributed by atoms with Gasteiger partial charge in [0.15, 0.2) is 0 Å². The highest BCUT2D eigenvalue weighted by Gasteiger charge is 2.25. The summed E-state index contributed by atoms with van der Waals surface area (Å²) in [4.78, 5) is 7.25. The first-order valence-electron chi connectivity index (χ1n) is 10.5. The minimum absolute atomic E-state index is 0.128. The van der Waals surface area contributed by atoms with Crippen molar-refractivity contribution in [2.75, 3.05) is 13.1 Å². The van der Waals surface area contributed by atoms with Crippen LogP contribution >= 0.6 is 0 Å². The van der Waals surface area contributed by atoms with Crippen LogP contribution in [0.5, 0.6) is 0 Å². The van der Waals surface area contributed by atoms with Crippen LogP contribution in [0.15, 0.2) is 65.7 Å². The number of aromatic nitrogens is 4. The molecule has 6 heteroatoms. The van der Waals surface area contributed by atoms with Gasteiger partial charge in [0.05, 0.1) is 36.2 Å². The van der Waals surface area contributed by atoms with E-state index in [2.05, 4.69) is 65.7 Å². The van der Waals surface area contributed by atoms with E-state index in [1.165, 1.54) is 0 Å². The van der Waals surface area contributed by atoms with Crippen molar-refractivity contribution < 1.29 is 4.42 Å². The second-order valence-electron chi connectivity index (χ2n) is 7.48.